The predicted molar refractivity (Wildman–Crippen MR) is 211 cm³/mol. The van der Waals surface area contributed by atoms with Crippen molar-refractivity contribution < 1.29 is 23.8 Å². The molecule has 4 aromatic carbocycles. The van der Waals surface area contributed by atoms with Crippen LogP contribution >= 0.6 is 0 Å². The molecule has 8 nitrogen and oxygen atoms in total. The van der Waals surface area contributed by atoms with Crippen LogP contribution in [0.3, 0.4) is 0 Å². The van der Waals surface area contributed by atoms with Crippen molar-refractivity contribution in [1.82, 2.24) is 5.06 Å². The van der Waals surface area contributed by atoms with E-state index in [1.54, 1.807) is 26.0 Å². The molecule has 12 rings (SSSR count). The largest absolute Gasteiger partial charge is 0.754 e. The molecule has 0 radical (unpaired) electrons. The molecule has 278 valence electrons. The molecule has 0 saturated heterocycles. The summed E-state index contributed by atoms with van der Waals surface area (Å²) < 4.78 is 12.5. The zero-order valence-electron chi connectivity index (χ0n) is 31.1. The molecule has 0 aromatic heterocycles. The summed E-state index contributed by atoms with van der Waals surface area (Å²) in [6.07, 6.45) is 10.0. The lowest BCUT2D eigenvalue weighted by Gasteiger charge is -2.52. The Labute approximate surface area is 325 Å². The fourth-order valence-electron chi connectivity index (χ4n) is 11.2. The minimum absolute atomic E-state index is 0.172. The average molecular weight is 741 g/mol. The molecule has 0 spiro atoms. The Morgan fingerprint density at radius 3 is 1.38 bits per heavy atom. The number of nitrogens with zero attached hydrogens (tertiary/aromatic N) is 2. The normalized spacial score (nSPS) is 28.8. The molecule has 8 heteroatoms. The maximum absolute atomic E-state index is 14.6. The Morgan fingerprint density at radius 2 is 0.964 bits per heavy atom. The van der Waals surface area contributed by atoms with Gasteiger partial charge < -0.3 is 19.7 Å². The highest BCUT2D eigenvalue weighted by Crippen LogP contribution is 2.64. The third kappa shape index (κ3) is 4.81. The molecule has 56 heavy (non-hydrogen) atoms. The van der Waals surface area contributed by atoms with E-state index >= 15 is 0 Å². The van der Waals surface area contributed by atoms with E-state index in [0.717, 1.165) is 54.3 Å². The number of carbonyl (C=O) groups is 2. The van der Waals surface area contributed by atoms with Crippen molar-refractivity contribution in [3.05, 3.63) is 211 Å². The van der Waals surface area contributed by atoms with Gasteiger partial charge in [-0.05, 0) is 82.3 Å². The highest BCUT2D eigenvalue weighted by molar-refractivity contribution is 5.81. The Bertz CT molecular complexity index is 2410. The van der Waals surface area contributed by atoms with E-state index in [-0.39, 0.29) is 60.2 Å². The summed E-state index contributed by atoms with van der Waals surface area (Å²) >= 11 is 0. The molecule has 6 aliphatic carbocycles. The topological polar surface area (TPSA) is 99.0 Å². The molecule has 0 saturated carbocycles. The second-order valence-corrected chi connectivity index (χ2v) is 15.3. The summed E-state index contributed by atoms with van der Waals surface area (Å²) in [6, 6.07) is 32.9. The Kier molecular flexibility index (Phi) is 8.15. The molecular formula is C48H40N2O6. The third-order valence-corrected chi connectivity index (χ3v) is 12.9. The molecule has 0 N–H and O–H groups in total. The van der Waals surface area contributed by atoms with Crippen LogP contribution in [0.2, 0.25) is 0 Å². The number of ether oxygens (including phenoxy) is 2. The lowest BCUT2D eigenvalue weighted by atomic mass is 9.51. The first-order valence-electron chi connectivity index (χ1n) is 19.6. The van der Waals surface area contributed by atoms with Crippen LogP contribution in [0.25, 0.3) is 0 Å². The van der Waals surface area contributed by atoms with Crippen molar-refractivity contribution in [2.75, 3.05) is 13.2 Å². The molecule has 4 unspecified atom stereocenters. The van der Waals surface area contributed by atoms with Crippen LogP contribution in [0.4, 0.5) is 0 Å². The van der Waals surface area contributed by atoms with Gasteiger partial charge in [-0.1, -0.05) is 103 Å². The Morgan fingerprint density at radius 1 is 0.589 bits per heavy atom. The monoisotopic (exact) mass is 740 g/mol. The molecule has 0 fully saturated rings. The van der Waals surface area contributed by atoms with E-state index in [4.69, 9.17) is 9.47 Å². The number of benzene rings is 4. The van der Waals surface area contributed by atoms with Gasteiger partial charge in [0.25, 0.3) is 5.70 Å². The first-order chi connectivity index (χ1) is 27.4. The minimum Gasteiger partial charge on any atom is -0.754 e. The summed E-state index contributed by atoms with van der Waals surface area (Å²) in [5.41, 5.74) is 10.2. The van der Waals surface area contributed by atoms with Crippen LogP contribution in [0.5, 0.6) is 0 Å². The van der Waals surface area contributed by atoms with Crippen molar-refractivity contribution in [2.45, 2.75) is 37.5 Å². The third-order valence-electron chi connectivity index (χ3n) is 12.9. The SMILES string of the molecule is CCOC(=O)C1C2c3ccccc3C(c3ccccc32)C1C1=CC=CN([O-])C1=C1C(C2C3c4ccccc4C(c4ccccc43)C2C(=O)OCC)=CC=C[N+]1=O. The van der Waals surface area contributed by atoms with E-state index in [1.807, 2.05) is 60.7 Å². The number of nitroso groups, excluding NO2 is 1. The van der Waals surface area contributed by atoms with E-state index in [0.29, 0.717) is 11.1 Å². The molecule has 0 amide bonds. The number of rotatable bonds is 6. The van der Waals surface area contributed by atoms with Gasteiger partial charge in [-0.15, -0.1) is 0 Å². The highest BCUT2D eigenvalue weighted by atomic mass is 16.5. The maximum Gasteiger partial charge on any atom is 0.310 e. The summed E-state index contributed by atoms with van der Waals surface area (Å²) in [7, 11) is 0. The van der Waals surface area contributed by atoms with Gasteiger partial charge in [-0.25, -0.2) is 0 Å². The predicted octanol–water partition coefficient (Wildman–Crippen LogP) is 8.86. The van der Waals surface area contributed by atoms with Crippen LogP contribution in [0.1, 0.15) is 82.0 Å². The summed E-state index contributed by atoms with van der Waals surface area (Å²) in [5, 5.41) is 15.4. The van der Waals surface area contributed by atoms with Gasteiger partial charge in [0.2, 0.25) is 6.20 Å². The van der Waals surface area contributed by atoms with Crippen molar-refractivity contribution in [3.8, 4) is 0 Å². The van der Waals surface area contributed by atoms with Gasteiger partial charge in [0.15, 0.2) is 0 Å². The van der Waals surface area contributed by atoms with Gasteiger partial charge in [0.1, 0.15) is 5.70 Å². The smallest absolute Gasteiger partial charge is 0.310 e. The van der Waals surface area contributed by atoms with Gasteiger partial charge >= 0.3 is 11.9 Å². The average Bonchev–Trinajstić information content (AvgIpc) is 3.23. The molecule has 4 atom stereocenters. The molecule has 4 bridgehead atoms. The number of hydrogen-bond donors (Lipinski definition) is 0. The van der Waals surface area contributed by atoms with Crippen LogP contribution in [-0.2, 0) is 19.1 Å². The number of allylic oxidation sites excluding steroid dienone is 6. The molecule has 2 heterocycles. The molecular weight excluding hydrogens is 701 g/mol. The zero-order chi connectivity index (χ0) is 38.2. The second-order valence-electron chi connectivity index (χ2n) is 15.3. The van der Waals surface area contributed by atoms with Crippen LogP contribution in [0.15, 0.2) is 156 Å². The fraction of sp³-hybridized carbons (Fsp3) is 0.250. The summed E-state index contributed by atoms with van der Waals surface area (Å²) in [5.74, 6) is -4.36. The Hall–Kier alpha value is -6.12. The first kappa shape index (κ1) is 34.4. The number of esters is 2. The molecule has 4 aromatic rings. The van der Waals surface area contributed by atoms with Gasteiger partial charge in [0, 0.05) is 52.1 Å². The minimum atomic E-state index is -0.671. The van der Waals surface area contributed by atoms with Crippen molar-refractivity contribution in [2.24, 2.45) is 23.7 Å². The quantitative estimate of drug-likeness (QED) is 0.144. The number of hydrogen-bond acceptors (Lipinski definition) is 7. The fourth-order valence-corrected chi connectivity index (χ4v) is 11.2. The van der Waals surface area contributed by atoms with Crippen molar-refractivity contribution in [1.29, 1.82) is 0 Å². The van der Waals surface area contributed by atoms with E-state index in [2.05, 4.69) is 48.5 Å². The van der Waals surface area contributed by atoms with Gasteiger partial charge in [0.05, 0.1) is 29.8 Å². The maximum atomic E-state index is 14.6. The van der Waals surface area contributed by atoms with Crippen molar-refractivity contribution >= 4 is 11.9 Å². The first-order valence-corrected chi connectivity index (χ1v) is 19.6. The van der Waals surface area contributed by atoms with E-state index in [1.165, 1.54) is 12.4 Å². The van der Waals surface area contributed by atoms with E-state index in [9.17, 15) is 19.7 Å². The van der Waals surface area contributed by atoms with Crippen LogP contribution in [0, 0.1) is 33.8 Å². The second kappa shape index (κ2) is 13.3. The Balaban J connectivity index is 1.21. The van der Waals surface area contributed by atoms with Crippen molar-refractivity contribution in [3.63, 3.8) is 0 Å². The highest BCUT2D eigenvalue weighted by Gasteiger charge is 2.59. The zero-order valence-corrected chi connectivity index (χ0v) is 31.1. The molecule has 2 aliphatic heterocycles. The summed E-state index contributed by atoms with van der Waals surface area (Å²) in [6.45, 7) is 4.02. The summed E-state index contributed by atoms with van der Waals surface area (Å²) in [4.78, 5) is 43.4. The van der Waals surface area contributed by atoms with E-state index < -0.39 is 23.7 Å². The number of hydroxylamine groups is 2. The standard InChI is InChI=1S/C48H40N2O6/c1-3-55-47(51)43-39-31-19-9-5-15-27(31)37(28-16-6-10-20-32(28)39)41(43)35-23-13-25-49(53)45(35)46-36(24-14-26-50(46)54)42-38-29-17-7-11-21-33(29)40(44(42)48(52)56-4-2)34-22-12-8-18-30(34)38/h5-26,37-44H,3-4H2,1-2H3. The van der Waals surface area contributed by atoms with Crippen LogP contribution in [-0.4, -0.2) is 35.0 Å². The van der Waals surface area contributed by atoms with Gasteiger partial charge in [-0.2, -0.15) is 0 Å². The number of fused-ring (bicyclic) bond motifs is 2. The lowest BCUT2D eigenvalue weighted by Crippen LogP contribution is -2.47. The van der Waals surface area contributed by atoms with Crippen LogP contribution < -0.4 is 0 Å². The lowest BCUT2D eigenvalue weighted by molar-refractivity contribution is -0.424. The molecule has 8 aliphatic rings. The number of carbonyl (C=O) groups excluding carboxylic acids is 2. The van der Waals surface area contributed by atoms with Gasteiger partial charge in [-0.3, -0.25) is 9.59 Å².